The van der Waals surface area contributed by atoms with Gasteiger partial charge in [0, 0.05) is 29.6 Å². The van der Waals surface area contributed by atoms with Crippen molar-refractivity contribution in [1.82, 2.24) is 0 Å². The molecule has 3 fully saturated rings. The highest BCUT2D eigenvalue weighted by molar-refractivity contribution is 6.29. The van der Waals surface area contributed by atoms with E-state index in [4.69, 9.17) is 16.3 Å². The van der Waals surface area contributed by atoms with Gasteiger partial charge in [-0.25, -0.2) is 4.39 Å². The molecule has 8 atom stereocenters. The Balaban J connectivity index is 1.82. The first kappa shape index (κ1) is 22.7. The normalized spacial score (nSPS) is 46.3. The van der Waals surface area contributed by atoms with E-state index >= 15 is 0 Å². The maximum Gasteiger partial charge on any atom is 0.303 e. The summed E-state index contributed by atoms with van der Waals surface area (Å²) in [5, 5.41) is 11.4. The zero-order valence-electron chi connectivity index (χ0n) is 18.4. The lowest BCUT2D eigenvalue weighted by atomic mass is 9.46. The van der Waals surface area contributed by atoms with Crippen LogP contribution in [0.5, 0.6) is 0 Å². The summed E-state index contributed by atoms with van der Waals surface area (Å²) in [5.74, 6) is -3.00. The number of ketones is 2. The van der Waals surface area contributed by atoms with Crippen molar-refractivity contribution in [1.29, 1.82) is 0 Å². The highest BCUT2D eigenvalue weighted by Gasteiger charge is 2.72. The number of allylic oxidation sites excluding steroid dienone is 4. The van der Waals surface area contributed by atoms with Gasteiger partial charge in [0.2, 0.25) is 5.78 Å². The summed E-state index contributed by atoms with van der Waals surface area (Å²) in [6.07, 6.45) is 4.11. The van der Waals surface area contributed by atoms with Crippen LogP contribution in [0.25, 0.3) is 0 Å². The van der Waals surface area contributed by atoms with Crippen LogP contribution >= 0.6 is 11.6 Å². The van der Waals surface area contributed by atoms with Crippen LogP contribution in [0.2, 0.25) is 0 Å². The second-order valence-corrected chi connectivity index (χ2v) is 10.6. The summed E-state index contributed by atoms with van der Waals surface area (Å²) < 4.78 is 20.6. The number of carbonyl (C=O) groups excluding carboxylic acids is 3. The molecular formula is C24H30ClFO5. The van der Waals surface area contributed by atoms with Gasteiger partial charge in [0.15, 0.2) is 17.2 Å². The van der Waals surface area contributed by atoms with Crippen LogP contribution in [0, 0.1) is 34.5 Å². The van der Waals surface area contributed by atoms with Gasteiger partial charge >= 0.3 is 5.97 Å². The molecule has 31 heavy (non-hydrogen) atoms. The predicted molar refractivity (Wildman–Crippen MR) is 113 cm³/mol. The summed E-state index contributed by atoms with van der Waals surface area (Å²) in [5.41, 5.74) is -2.46. The zero-order valence-corrected chi connectivity index (χ0v) is 19.2. The minimum absolute atomic E-state index is 0.00355. The molecule has 0 heterocycles. The highest BCUT2D eigenvalue weighted by atomic mass is 35.5. The van der Waals surface area contributed by atoms with E-state index in [2.05, 4.69) is 0 Å². The monoisotopic (exact) mass is 452 g/mol. The topological polar surface area (TPSA) is 80.7 Å². The number of Topliss-reactive ketones (excluding diaryl/α,β-unsaturated/α-hetero) is 1. The molecule has 170 valence electrons. The number of halogens is 2. The van der Waals surface area contributed by atoms with Crippen LogP contribution in [-0.4, -0.2) is 40.2 Å². The number of aliphatic hydroxyl groups excluding tert-OH is 1. The molecule has 4 aliphatic rings. The van der Waals surface area contributed by atoms with E-state index in [1.54, 1.807) is 6.08 Å². The van der Waals surface area contributed by atoms with Crippen molar-refractivity contribution in [2.45, 2.75) is 65.1 Å². The van der Waals surface area contributed by atoms with Crippen molar-refractivity contribution >= 4 is 29.1 Å². The van der Waals surface area contributed by atoms with Crippen LogP contribution in [-0.2, 0) is 19.1 Å². The quantitative estimate of drug-likeness (QED) is 0.518. The van der Waals surface area contributed by atoms with Crippen LogP contribution in [0.15, 0.2) is 23.6 Å². The first-order chi connectivity index (χ1) is 14.4. The summed E-state index contributed by atoms with van der Waals surface area (Å²) >= 11 is 5.99. The summed E-state index contributed by atoms with van der Waals surface area (Å²) in [6, 6.07) is 0. The Hall–Kier alpha value is -1.53. The number of hydrogen-bond donors (Lipinski definition) is 1. The van der Waals surface area contributed by atoms with Crippen molar-refractivity contribution in [2.75, 3.05) is 5.88 Å². The van der Waals surface area contributed by atoms with Gasteiger partial charge in [-0.2, -0.15) is 0 Å². The van der Waals surface area contributed by atoms with Gasteiger partial charge < -0.3 is 9.84 Å². The summed E-state index contributed by atoms with van der Waals surface area (Å²) in [4.78, 5) is 37.2. The van der Waals surface area contributed by atoms with E-state index in [0.29, 0.717) is 24.8 Å². The van der Waals surface area contributed by atoms with Gasteiger partial charge in [0.05, 0.1) is 12.0 Å². The SMILES string of the molecule is CC(=O)O[C@@]1(C(=O)CCl)[C@@H](C)C[C@H]2[C@@H]3CCC4=C(F)C(=O)C=C[C@]4(C)[C@H]3[C@@H](O)C[C@@]21C. The van der Waals surface area contributed by atoms with E-state index in [9.17, 15) is 23.9 Å². The number of fused-ring (bicyclic) bond motifs is 5. The molecule has 0 aliphatic heterocycles. The van der Waals surface area contributed by atoms with Crippen LogP contribution < -0.4 is 0 Å². The van der Waals surface area contributed by atoms with Crippen molar-refractivity contribution in [3.63, 3.8) is 0 Å². The fourth-order valence-corrected chi connectivity index (χ4v) is 8.12. The number of rotatable bonds is 3. The highest BCUT2D eigenvalue weighted by Crippen LogP contribution is 2.69. The molecular weight excluding hydrogens is 423 g/mol. The summed E-state index contributed by atoms with van der Waals surface area (Å²) in [7, 11) is 0. The minimum atomic E-state index is -1.39. The van der Waals surface area contributed by atoms with E-state index in [0.717, 1.165) is 0 Å². The standard InChI is InChI=1S/C24H30ClFO5/c1-12-9-16-14-5-6-15-21(26)17(28)7-8-22(15,3)20(14)18(29)10-23(16,4)24(12,19(30)11-25)31-13(2)27/h7-8,12,14,16,18,20,29H,5-6,9-11H2,1-4H3/t12-,14-,16-,18-,20+,22-,23-,24+/m0/s1. The molecule has 0 radical (unpaired) electrons. The largest absolute Gasteiger partial charge is 0.450 e. The summed E-state index contributed by atoms with van der Waals surface area (Å²) in [6.45, 7) is 7.03. The Morgan fingerprint density at radius 1 is 1.35 bits per heavy atom. The van der Waals surface area contributed by atoms with Crippen molar-refractivity contribution in [3.8, 4) is 0 Å². The maximum atomic E-state index is 14.7. The van der Waals surface area contributed by atoms with E-state index in [1.807, 2.05) is 20.8 Å². The molecule has 0 aromatic rings. The Bertz CT molecular complexity index is 912. The van der Waals surface area contributed by atoms with E-state index in [1.165, 1.54) is 13.0 Å². The molecule has 7 heteroatoms. The van der Waals surface area contributed by atoms with Gasteiger partial charge in [-0.1, -0.05) is 26.8 Å². The van der Waals surface area contributed by atoms with Crippen molar-refractivity contribution < 1.29 is 28.6 Å². The molecule has 3 saturated carbocycles. The molecule has 5 nitrogen and oxygen atoms in total. The molecule has 0 saturated heterocycles. The molecule has 1 N–H and O–H groups in total. The third kappa shape index (κ3) is 2.80. The molecule has 4 aliphatic carbocycles. The lowest BCUT2D eigenvalue weighted by Crippen LogP contribution is -2.64. The van der Waals surface area contributed by atoms with Gasteiger partial charge in [-0.05, 0) is 49.2 Å². The first-order valence-corrected chi connectivity index (χ1v) is 11.6. The maximum absolute atomic E-state index is 14.7. The number of ether oxygens (including phenoxy) is 1. The third-order valence-electron chi connectivity index (χ3n) is 8.97. The number of alkyl halides is 1. The number of aliphatic hydroxyl groups is 1. The Labute approximate surface area is 187 Å². The van der Waals surface area contributed by atoms with E-state index < -0.39 is 40.1 Å². The molecule has 0 unspecified atom stereocenters. The fourth-order valence-electron chi connectivity index (χ4n) is 7.92. The van der Waals surface area contributed by atoms with Crippen molar-refractivity contribution in [2.24, 2.45) is 34.5 Å². The molecule has 0 aromatic heterocycles. The average molecular weight is 453 g/mol. The zero-order chi connectivity index (χ0) is 22.9. The average Bonchev–Trinajstić information content (AvgIpc) is 2.91. The predicted octanol–water partition coefficient (Wildman–Crippen LogP) is 3.92. The second-order valence-electron chi connectivity index (χ2n) is 10.3. The number of esters is 1. The molecule has 0 amide bonds. The van der Waals surface area contributed by atoms with Crippen LogP contribution in [0.1, 0.15) is 53.4 Å². The van der Waals surface area contributed by atoms with Crippen LogP contribution in [0.4, 0.5) is 4.39 Å². The molecule has 0 aromatic carbocycles. The number of carbonyl (C=O) groups is 3. The third-order valence-corrected chi connectivity index (χ3v) is 9.21. The van der Waals surface area contributed by atoms with Gasteiger partial charge in [-0.3, -0.25) is 14.4 Å². The van der Waals surface area contributed by atoms with Crippen molar-refractivity contribution in [3.05, 3.63) is 23.6 Å². The fraction of sp³-hybridized carbons (Fsp3) is 0.708. The van der Waals surface area contributed by atoms with Gasteiger partial charge in [0.1, 0.15) is 0 Å². The number of hydrogen-bond acceptors (Lipinski definition) is 5. The minimum Gasteiger partial charge on any atom is -0.450 e. The second kappa shape index (κ2) is 7.24. The lowest BCUT2D eigenvalue weighted by Gasteiger charge is -2.59. The van der Waals surface area contributed by atoms with Crippen LogP contribution in [0.3, 0.4) is 0 Å². The van der Waals surface area contributed by atoms with E-state index in [-0.39, 0.29) is 41.8 Å². The first-order valence-electron chi connectivity index (χ1n) is 11.0. The Morgan fingerprint density at radius 3 is 2.65 bits per heavy atom. The molecule has 4 rings (SSSR count). The lowest BCUT2D eigenvalue weighted by molar-refractivity contribution is -0.201. The molecule has 0 spiro atoms. The Kier molecular flexibility index (Phi) is 5.29. The Morgan fingerprint density at radius 2 is 2.03 bits per heavy atom. The van der Waals surface area contributed by atoms with Gasteiger partial charge in [0.25, 0.3) is 0 Å². The van der Waals surface area contributed by atoms with Gasteiger partial charge in [-0.15, -0.1) is 11.6 Å². The molecule has 0 bridgehead atoms. The smallest absolute Gasteiger partial charge is 0.303 e.